The number of para-hydroxylation sites is 2. The number of nitrogens with zero attached hydrogens (tertiary/aromatic N) is 5. The predicted octanol–water partition coefficient (Wildman–Crippen LogP) is 1.88. The topological polar surface area (TPSA) is 94.1 Å². The largest absolute Gasteiger partial charge is 0.378 e. The highest BCUT2D eigenvalue weighted by Gasteiger charge is 2.23. The fourth-order valence-corrected chi connectivity index (χ4v) is 2.99. The maximum Gasteiger partial charge on any atom is 0.296 e. The number of anilines is 2. The number of nitrogens with one attached hydrogen (secondary N) is 1. The molecule has 0 amide bonds. The van der Waals surface area contributed by atoms with Crippen molar-refractivity contribution in [2.24, 2.45) is 5.84 Å². The number of hydrogen-bond acceptors (Lipinski definition) is 7. The van der Waals surface area contributed by atoms with Gasteiger partial charge in [-0.25, -0.2) is 19.6 Å². The van der Waals surface area contributed by atoms with Gasteiger partial charge in [0.1, 0.15) is 11.6 Å². The number of aromatic nitrogens is 4. The molecule has 0 bridgehead atoms. The zero-order valence-electron chi connectivity index (χ0n) is 13.8. The first kappa shape index (κ1) is 16.6. The van der Waals surface area contributed by atoms with E-state index in [1.165, 1.54) is 4.57 Å². The minimum absolute atomic E-state index is 0.141. The lowest BCUT2D eigenvalue weighted by atomic mass is 10.3. The average molecular weight is 361 g/mol. The molecule has 136 valence electrons. The van der Waals surface area contributed by atoms with Crippen molar-refractivity contribution >= 4 is 22.8 Å². The summed E-state index contributed by atoms with van der Waals surface area (Å²) in [4.78, 5) is 14.7. The number of nitrogens with two attached hydrogens (primary N) is 1. The van der Waals surface area contributed by atoms with Gasteiger partial charge in [-0.2, -0.15) is 9.97 Å². The lowest BCUT2D eigenvalue weighted by Crippen LogP contribution is -2.37. The molecule has 1 aliphatic rings. The van der Waals surface area contributed by atoms with Crippen molar-refractivity contribution in [3.8, 4) is 5.82 Å². The first-order chi connectivity index (χ1) is 12.7. The molecule has 3 aromatic rings. The van der Waals surface area contributed by atoms with Crippen LogP contribution >= 0.6 is 0 Å². The van der Waals surface area contributed by atoms with Crippen LogP contribution in [-0.2, 0) is 4.74 Å². The summed E-state index contributed by atoms with van der Waals surface area (Å²) in [7, 11) is 0. The normalized spacial score (nSPS) is 15.0. The highest BCUT2D eigenvalue weighted by molar-refractivity contribution is 5.78. The van der Waals surface area contributed by atoms with Crippen LogP contribution in [0.3, 0.4) is 0 Å². The zero-order valence-corrected chi connectivity index (χ0v) is 13.8. The van der Waals surface area contributed by atoms with Crippen LogP contribution in [0, 0.1) is 0 Å². The van der Waals surface area contributed by atoms with Gasteiger partial charge in [-0.05, 0) is 12.1 Å². The van der Waals surface area contributed by atoms with Gasteiger partial charge in [0.25, 0.3) is 6.43 Å². The molecule has 1 aromatic carbocycles. The van der Waals surface area contributed by atoms with E-state index >= 15 is 0 Å². The number of rotatable bonds is 4. The van der Waals surface area contributed by atoms with E-state index in [4.69, 9.17) is 10.6 Å². The Hall–Kier alpha value is -2.85. The van der Waals surface area contributed by atoms with Crippen LogP contribution in [0.2, 0.25) is 0 Å². The second-order valence-corrected chi connectivity index (χ2v) is 5.75. The Morgan fingerprint density at radius 3 is 2.54 bits per heavy atom. The molecular formula is C16H17F2N7O. The Bertz CT molecular complexity index is 924. The van der Waals surface area contributed by atoms with Crippen molar-refractivity contribution < 1.29 is 13.5 Å². The molecule has 0 saturated carbocycles. The van der Waals surface area contributed by atoms with Crippen LogP contribution < -0.4 is 16.2 Å². The summed E-state index contributed by atoms with van der Waals surface area (Å²) in [6.07, 6.45) is -2.75. The maximum absolute atomic E-state index is 13.6. The van der Waals surface area contributed by atoms with Gasteiger partial charge in [0.2, 0.25) is 5.95 Å². The smallest absolute Gasteiger partial charge is 0.296 e. The monoisotopic (exact) mass is 361 g/mol. The molecule has 3 N–H and O–H groups in total. The standard InChI is InChI=1S/C16H17F2N7O/c17-14(18)15-20-10-3-1-2-4-11(10)25(15)13-9-12(21-16(22-13)23-19)24-5-7-26-8-6-24/h1-4,9,14H,5-8,19H2,(H,21,22,23). The van der Waals surface area contributed by atoms with E-state index in [0.717, 1.165) is 0 Å². The van der Waals surface area contributed by atoms with Crippen LogP contribution in [0.25, 0.3) is 16.9 Å². The number of benzene rings is 1. The predicted molar refractivity (Wildman–Crippen MR) is 92.5 cm³/mol. The van der Waals surface area contributed by atoms with Gasteiger partial charge in [-0.1, -0.05) is 12.1 Å². The van der Waals surface area contributed by atoms with Gasteiger partial charge in [0, 0.05) is 19.2 Å². The second-order valence-electron chi connectivity index (χ2n) is 5.75. The molecule has 3 heterocycles. The summed E-state index contributed by atoms with van der Waals surface area (Å²) in [6, 6.07) is 8.58. The van der Waals surface area contributed by atoms with E-state index in [9.17, 15) is 8.78 Å². The van der Waals surface area contributed by atoms with Crippen LogP contribution in [0.5, 0.6) is 0 Å². The quantitative estimate of drug-likeness (QED) is 0.541. The Morgan fingerprint density at radius 2 is 1.81 bits per heavy atom. The minimum atomic E-state index is -2.75. The van der Waals surface area contributed by atoms with Crippen LogP contribution in [0.15, 0.2) is 30.3 Å². The van der Waals surface area contributed by atoms with Gasteiger partial charge in [-0.3, -0.25) is 9.99 Å². The van der Waals surface area contributed by atoms with Crippen molar-refractivity contribution in [1.82, 2.24) is 19.5 Å². The lowest BCUT2D eigenvalue weighted by molar-refractivity contribution is 0.122. The summed E-state index contributed by atoms with van der Waals surface area (Å²) >= 11 is 0. The lowest BCUT2D eigenvalue weighted by Gasteiger charge is -2.28. The Morgan fingerprint density at radius 1 is 1.08 bits per heavy atom. The maximum atomic E-state index is 13.6. The number of morpholine rings is 1. The second kappa shape index (κ2) is 6.81. The molecule has 26 heavy (non-hydrogen) atoms. The number of halogens is 2. The van der Waals surface area contributed by atoms with Crippen molar-refractivity contribution in [2.45, 2.75) is 6.43 Å². The molecule has 0 aliphatic carbocycles. The van der Waals surface area contributed by atoms with Crippen molar-refractivity contribution in [1.29, 1.82) is 0 Å². The van der Waals surface area contributed by atoms with E-state index in [1.807, 2.05) is 4.90 Å². The van der Waals surface area contributed by atoms with Crippen molar-refractivity contribution in [3.63, 3.8) is 0 Å². The SMILES string of the molecule is NNc1nc(N2CCOCC2)cc(-n2c(C(F)F)nc3ccccc32)n1. The average Bonchev–Trinajstić information content (AvgIpc) is 3.08. The number of ether oxygens (including phenoxy) is 1. The fourth-order valence-electron chi connectivity index (χ4n) is 2.99. The molecule has 4 rings (SSSR count). The molecule has 1 aliphatic heterocycles. The molecule has 8 nitrogen and oxygen atoms in total. The Balaban J connectivity index is 1.89. The van der Waals surface area contributed by atoms with Crippen LogP contribution in [0.4, 0.5) is 20.5 Å². The summed E-state index contributed by atoms with van der Waals surface area (Å²) in [5, 5.41) is 0. The Labute approximate surface area is 147 Å². The third-order valence-electron chi connectivity index (χ3n) is 4.17. The summed E-state index contributed by atoms with van der Waals surface area (Å²) in [5.41, 5.74) is 3.41. The summed E-state index contributed by atoms with van der Waals surface area (Å²) in [6.45, 7) is 2.43. The minimum Gasteiger partial charge on any atom is -0.378 e. The van der Waals surface area contributed by atoms with Crippen molar-refractivity contribution in [2.75, 3.05) is 36.6 Å². The summed E-state index contributed by atoms with van der Waals surface area (Å²) in [5.74, 6) is 6.12. The van der Waals surface area contributed by atoms with Gasteiger partial charge >= 0.3 is 0 Å². The van der Waals surface area contributed by atoms with Gasteiger partial charge < -0.3 is 9.64 Å². The fraction of sp³-hybridized carbons (Fsp3) is 0.312. The van der Waals surface area contributed by atoms with Crippen LogP contribution in [-0.4, -0.2) is 45.8 Å². The number of hydrazine groups is 1. The first-order valence-electron chi connectivity index (χ1n) is 8.11. The molecule has 0 radical (unpaired) electrons. The molecular weight excluding hydrogens is 344 g/mol. The van der Waals surface area contributed by atoms with E-state index in [2.05, 4.69) is 20.4 Å². The molecule has 2 aromatic heterocycles. The highest BCUT2D eigenvalue weighted by Crippen LogP contribution is 2.29. The van der Waals surface area contributed by atoms with Gasteiger partial charge in [-0.15, -0.1) is 0 Å². The number of nitrogen functional groups attached to an aromatic ring is 1. The van der Waals surface area contributed by atoms with E-state index < -0.39 is 6.43 Å². The molecule has 1 saturated heterocycles. The third kappa shape index (κ3) is 2.93. The molecule has 0 atom stereocenters. The highest BCUT2D eigenvalue weighted by atomic mass is 19.3. The third-order valence-corrected chi connectivity index (χ3v) is 4.17. The number of imidazole rings is 1. The molecule has 0 spiro atoms. The molecule has 1 fully saturated rings. The van der Waals surface area contributed by atoms with Gasteiger partial charge in [0.15, 0.2) is 5.82 Å². The van der Waals surface area contributed by atoms with E-state index in [0.29, 0.717) is 43.2 Å². The molecule has 10 heteroatoms. The Kier molecular flexibility index (Phi) is 4.35. The van der Waals surface area contributed by atoms with Gasteiger partial charge in [0.05, 0.1) is 24.2 Å². The number of fused-ring (bicyclic) bond motifs is 1. The number of hydrogen-bond donors (Lipinski definition) is 2. The number of alkyl halides is 2. The van der Waals surface area contributed by atoms with Crippen molar-refractivity contribution in [3.05, 3.63) is 36.2 Å². The summed E-state index contributed by atoms with van der Waals surface area (Å²) < 4.78 is 33.9. The first-order valence-corrected chi connectivity index (χ1v) is 8.11. The molecule has 0 unspecified atom stereocenters. The zero-order chi connectivity index (χ0) is 18.1. The van der Waals surface area contributed by atoms with Crippen LogP contribution in [0.1, 0.15) is 12.2 Å². The van der Waals surface area contributed by atoms with E-state index in [1.54, 1.807) is 30.3 Å². The van der Waals surface area contributed by atoms with E-state index in [-0.39, 0.29) is 17.6 Å².